The van der Waals surface area contributed by atoms with Gasteiger partial charge in [-0.15, -0.1) is 11.8 Å². The van der Waals surface area contributed by atoms with Crippen molar-refractivity contribution in [3.05, 3.63) is 11.6 Å². The van der Waals surface area contributed by atoms with Gasteiger partial charge in [0.15, 0.2) is 18.3 Å². The molecule has 4 aliphatic carbocycles. The van der Waals surface area contributed by atoms with E-state index in [0.717, 1.165) is 80.0 Å². The van der Waals surface area contributed by atoms with Crippen LogP contribution in [0.3, 0.4) is 0 Å². The lowest BCUT2D eigenvalue weighted by Crippen LogP contribution is -2.56. The molecule has 0 radical (unpaired) electrons. The van der Waals surface area contributed by atoms with Gasteiger partial charge in [-0.05, 0) is 116 Å². The summed E-state index contributed by atoms with van der Waals surface area (Å²) in [5, 5.41) is 0. The van der Waals surface area contributed by atoms with Gasteiger partial charge < -0.3 is 23.7 Å². The molecule has 0 aromatic rings. The summed E-state index contributed by atoms with van der Waals surface area (Å²) in [6, 6.07) is 0. The smallest absolute Gasteiger partial charge is 0.303 e. The fraction of sp³-hybridized carbons (Fsp3) is 0.886. The molecule has 302 valence electrons. The Bertz CT molecular complexity index is 1270. The summed E-state index contributed by atoms with van der Waals surface area (Å²) >= 11 is 1.54. The van der Waals surface area contributed by atoms with Crippen molar-refractivity contribution in [2.24, 2.45) is 46.3 Å². The van der Waals surface area contributed by atoms with Crippen LogP contribution in [0.1, 0.15) is 152 Å². The minimum Gasteiger partial charge on any atom is -0.456 e. The summed E-state index contributed by atoms with van der Waals surface area (Å²) in [4.78, 5) is 35.4. The zero-order chi connectivity index (χ0) is 38.3. The summed E-state index contributed by atoms with van der Waals surface area (Å²) in [6.45, 7) is 17.4. The van der Waals surface area contributed by atoms with Gasteiger partial charge in [0.05, 0.1) is 12.7 Å². The van der Waals surface area contributed by atoms with Crippen molar-refractivity contribution in [3.8, 4) is 0 Å². The topological polar surface area (TPSA) is 97.4 Å². The maximum atomic E-state index is 11.9. The van der Waals surface area contributed by atoms with Crippen LogP contribution in [0.25, 0.3) is 0 Å². The number of carbonyl (C=O) groups is 3. The lowest BCUT2D eigenvalue weighted by Gasteiger charge is -2.58. The highest BCUT2D eigenvalue weighted by molar-refractivity contribution is 7.99. The summed E-state index contributed by atoms with van der Waals surface area (Å²) in [5.74, 6) is 4.48. The Morgan fingerprint density at radius 3 is 2.26 bits per heavy atom. The Morgan fingerprint density at radius 1 is 0.830 bits per heavy atom. The van der Waals surface area contributed by atoms with Crippen LogP contribution < -0.4 is 0 Å². The third-order valence-corrected chi connectivity index (χ3v) is 15.5. The Balaban J connectivity index is 1.02. The molecule has 5 rings (SSSR count). The largest absolute Gasteiger partial charge is 0.456 e. The van der Waals surface area contributed by atoms with Crippen molar-refractivity contribution >= 4 is 29.7 Å². The number of carbonyl (C=O) groups excluding carboxylic acids is 3. The quantitative estimate of drug-likeness (QED) is 0.0621. The molecule has 3 saturated carbocycles. The first-order valence-corrected chi connectivity index (χ1v) is 22.3. The first-order chi connectivity index (χ1) is 25.2. The molecule has 9 heteroatoms. The number of thioether (sulfide) groups is 1. The van der Waals surface area contributed by atoms with Gasteiger partial charge in [-0.2, -0.15) is 0 Å². The number of esters is 3. The number of hydrogen-bond acceptors (Lipinski definition) is 9. The SMILES string of the molecule is CC(=O)O[C@@H]1[C@@H](OC(C)=O)[C@H](SCCCCCCOC2CC[C@@]3(C)C(=CC[C@H]4[C@@H]5CC[C@H]([C@H](C)CCCC(C)C)[C@@]5(C)CC[C@@H]43)C2)OC[C@@H]1OC(C)=O. The second-order valence-corrected chi connectivity index (χ2v) is 19.5. The van der Waals surface area contributed by atoms with Gasteiger partial charge in [0.1, 0.15) is 5.44 Å². The highest BCUT2D eigenvalue weighted by Gasteiger charge is 2.59. The van der Waals surface area contributed by atoms with E-state index < -0.39 is 41.7 Å². The van der Waals surface area contributed by atoms with Gasteiger partial charge >= 0.3 is 17.9 Å². The minimum absolute atomic E-state index is 0.0707. The zero-order valence-corrected chi connectivity index (χ0v) is 35.1. The van der Waals surface area contributed by atoms with Crippen LogP contribution in [-0.2, 0) is 38.1 Å². The molecule has 0 aromatic carbocycles. The van der Waals surface area contributed by atoms with E-state index >= 15 is 0 Å². The highest BCUT2D eigenvalue weighted by Crippen LogP contribution is 2.67. The summed E-state index contributed by atoms with van der Waals surface area (Å²) in [5.41, 5.74) is 2.10. The predicted molar refractivity (Wildman–Crippen MR) is 210 cm³/mol. The summed E-state index contributed by atoms with van der Waals surface area (Å²) in [7, 11) is 0. The fourth-order valence-corrected chi connectivity index (χ4v) is 12.8. The number of fused-ring (bicyclic) bond motifs is 5. The van der Waals surface area contributed by atoms with Crippen LogP contribution in [-0.4, -0.2) is 66.7 Å². The Labute approximate surface area is 325 Å². The second kappa shape index (κ2) is 19.0. The van der Waals surface area contributed by atoms with E-state index in [0.29, 0.717) is 16.9 Å². The van der Waals surface area contributed by atoms with E-state index in [4.69, 9.17) is 23.7 Å². The molecule has 1 saturated heterocycles. The summed E-state index contributed by atoms with van der Waals surface area (Å²) in [6.07, 6.45) is 19.5. The number of hydrogen-bond donors (Lipinski definition) is 0. The van der Waals surface area contributed by atoms with Gasteiger partial charge in [-0.25, -0.2) is 0 Å². The van der Waals surface area contributed by atoms with E-state index in [-0.39, 0.29) is 6.61 Å². The van der Waals surface area contributed by atoms with Crippen LogP contribution in [0.2, 0.25) is 0 Å². The van der Waals surface area contributed by atoms with Crippen LogP contribution in [0, 0.1) is 46.3 Å². The minimum atomic E-state index is -0.913. The van der Waals surface area contributed by atoms with Gasteiger partial charge in [0.25, 0.3) is 0 Å². The average molecular weight is 761 g/mol. The Morgan fingerprint density at radius 2 is 1.55 bits per heavy atom. The summed E-state index contributed by atoms with van der Waals surface area (Å²) < 4.78 is 28.8. The maximum Gasteiger partial charge on any atom is 0.303 e. The Hall–Kier alpha value is -1.58. The standard InChI is InChI=1S/C44H72O8S/c1-28(2)14-13-15-29(3)36-18-19-37-35-17-16-33-26-34(20-22-43(33,7)38(35)21-23-44(36,37)8)48-24-11-9-10-12-25-53-42-41(52-32(6)47)40(51-31(5)46)39(27-49-42)50-30(4)45/h16,28-29,34-42H,9-15,17-27H2,1-8H3/t29-,34?,35+,36-,37+,38+,39+,40+,41-,42+,43+,44-/m1/s1. The van der Waals surface area contributed by atoms with Crippen molar-refractivity contribution in [2.45, 2.75) is 182 Å². The molecular weight excluding hydrogens is 689 g/mol. The fourth-order valence-electron chi connectivity index (χ4n) is 11.7. The molecular formula is C44H72O8S. The van der Waals surface area contributed by atoms with Crippen molar-refractivity contribution in [2.75, 3.05) is 19.0 Å². The predicted octanol–water partition coefficient (Wildman–Crippen LogP) is 9.86. The molecule has 0 amide bonds. The van der Waals surface area contributed by atoms with E-state index in [1.54, 1.807) is 17.3 Å². The van der Waals surface area contributed by atoms with E-state index in [9.17, 15) is 14.4 Å². The molecule has 0 N–H and O–H groups in total. The molecule has 1 unspecified atom stereocenters. The molecule has 53 heavy (non-hydrogen) atoms. The lowest BCUT2D eigenvalue weighted by molar-refractivity contribution is -0.213. The van der Waals surface area contributed by atoms with Crippen LogP contribution in [0.15, 0.2) is 11.6 Å². The molecule has 0 bridgehead atoms. The third kappa shape index (κ3) is 10.4. The van der Waals surface area contributed by atoms with Crippen LogP contribution in [0.4, 0.5) is 0 Å². The van der Waals surface area contributed by atoms with Gasteiger partial charge in [-0.1, -0.05) is 78.4 Å². The van der Waals surface area contributed by atoms with Crippen LogP contribution >= 0.6 is 11.8 Å². The van der Waals surface area contributed by atoms with Gasteiger partial charge in [-0.3, -0.25) is 14.4 Å². The molecule has 0 spiro atoms. The van der Waals surface area contributed by atoms with Crippen molar-refractivity contribution < 1.29 is 38.1 Å². The number of allylic oxidation sites excluding steroid dienone is 1. The molecule has 1 aliphatic heterocycles. The van der Waals surface area contributed by atoms with Crippen molar-refractivity contribution in [1.29, 1.82) is 0 Å². The molecule has 4 fully saturated rings. The Kier molecular flexibility index (Phi) is 15.3. The highest BCUT2D eigenvalue weighted by atomic mass is 32.2. The maximum absolute atomic E-state index is 11.9. The first-order valence-electron chi connectivity index (χ1n) is 21.3. The van der Waals surface area contributed by atoms with Gasteiger partial charge in [0.2, 0.25) is 0 Å². The normalized spacial score (nSPS) is 37.2. The van der Waals surface area contributed by atoms with E-state index in [1.807, 2.05) is 0 Å². The molecule has 0 aromatic heterocycles. The van der Waals surface area contributed by atoms with Crippen LogP contribution in [0.5, 0.6) is 0 Å². The molecule has 5 aliphatic rings. The second-order valence-electron chi connectivity index (χ2n) is 18.3. The monoisotopic (exact) mass is 760 g/mol. The molecule has 8 nitrogen and oxygen atoms in total. The van der Waals surface area contributed by atoms with Crippen molar-refractivity contribution in [3.63, 3.8) is 0 Å². The van der Waals surface area contributed by atoms with Gasteiger partial charge in [0, 0.05) is 27.4 Å². The first kappa shape index (κ1) is 42.6. The number of ether oxygens (including phenoxy) is 5. The third-order valence-electron chi connectivity index (χ3n) is 14.2. The average Bonchev–Trinajstić information content (AvgIpc) is 3.44. The van der Waals surface area contributed by atoms with E-state index in [2.05, 4.69) is 40.7 Å². The van der Waals surface area contributed by atoms with Crippen molar-refractivity contribution in [1.82, 2.24) is 0 Å². The van der Waals surface area contributed by atoms with E-state index in [1.165, 1.54) is 85.0 Å². The zero-order valence-electron chi connectivity index (χ0n) is 34.3. The molecule has 1 heterocycles. The molecule has 12 atom stereocenters. The lowest BCUT2D eigenvalue weighted by atomic mass is 9.47. The number of unbranched alkanes of at least 4 members (excludes halogenated alkanes) is 3. The number of rotatable bonds is 17.